The van der Waals surface area contributed by atoms with Crippen LogP contribution in [0.15, 0.2) is 47.6 Å². The highest BCUT2D eigenvalue weighted by Gasteiger charge is 2.39. The summed E-state index contributed by atoms with van der Waals surface area (Å²) in [5, 5.41) is -0.313. The molecule has 1 fully saturated rings. The van der Waals surface area contributed by atoms with Crippen LogP contribution in [0.3, 0.4) is 0 Å². The number of nitrogen functional groups attached to an aromatic ring is 1. The van der Waals surface area contributed by atoms with Gasteiger partial charge in [-0.15, -0.1) is 0 Å². The quantitative estimate of drug-likeness (QED) is 0.261. The third kappa shape index (κ3) is 6.87. The average Bonchev–Trinajstić information content (AvgIpc) is 3.22. The van der Waals surface area contributed by atoms with E-state index in [-0.39, 0.29) is 27.4 Å². The first kappa shape index (κ1) is 32.5. The van der Waals surface area contributed by atoms with Gasteiger partial charge in [0.05, 0.1) is 5.56 Å². The summed E-state index contributed by atoms with van der Waals surface area (Å²) >= 11 is 0. The fourth-order valence-corrected chi connectivity index (χ4v) is 7.45. The number of nitrogens with one attached hydrogen (secondary N) is 1. The maximum Gasteiger partial charge on any atom is 0.281 e. The van der Waals surface area contributed by atoms with Crippen LogP contribution in [0.1, 0.15) is 101 Å². The highest BCUT2D eigenvalue weighted by molar-refractivity contribution is 7.90. The Hall–Kier alpha value is -3.46. The van der Waals surface area contributed by atoms with Gasteiger partial charge in [0.1, 0.15) is 11.6 Å². The summed E-state index contributed by atoms with van der Waals surface area (Å²) in [5.41, 5.74) is 11.1. The first-order valence-corrected chi connectivity index (χ1v) is 16.8. The number of pyridine rings is 2. The van der Waals surface area contributed by atoms with Crippen molar-refractivity contribution >= 4 is 27.6 Å². The Kier molecular flexibility index (Phi) is 9.26. The number of carbonyl (C=O) groups is 1. The van der Waals surface area contributed by atoms with Crippen LogP contribution in [0.25, 0.3) is 11.1 Å². The number of hydrogen-bond acceptors (Lipinski definition) is 7. The van der Waals surface area contributed by atoms with E-state index in [4.69, 9.17) is 10.7 Å². The second-order valence-electron chi connectivity index (χ2n) is 13.3. The molecule has 0 saturated carbocycles. The van der Waals surface area contributed by atoms with Gasteiger partial charge in [0.2, 0.25) is 0 Å². The van der Waals surface area contributed by atoms with Crippen LogP contribution >= 0.6 is 0 Å². The number of anilines is 2. The fraction of sp³-hybridized carbons (Fsp3) is 0.500. The largest absolute Gasteiger partial charge is 0.384 e. The van der Waals surface area contributed by atoms with Crippen molar-refractivity contribution in [3.8, 4) is 11.1 Å². The Morgan fingerprint density at radius 1 is 1.19 bits per heavy atom. The minimum Gasteiger partial charge on any atom is -0.384 e. The van der Waals surface area contributed by atoms with Crippen molar-refractivity contribution < 1.29 is 13.2 Å². The Morgan fingerprint density at radius 3 is 2.51 bits per heavy atom. The van der Waals surface area contributed by atoms with Crippen LogP contribution < -0.4 is 15.4 Å². The Morgan fingerprint density at radius 2 is 1.91 bits per heavy atom. The number of rotatable bonds is 10. The summed E-state index contributed by atoms with van der Waals surface area (Å²) in [6.07, 6.45) is 7.01. The van der Waals surface area contributed by atoms with Gasteiger partial charge in [0.25, 0.3) is 15.9 Å². The van der Waals surface area contributed by atoms with Crippen LogP contribution in [0, 0.1) is 12.8 Å². The van der Waals surface area contributed by atoms with E-state index >= 15 is 0 Å². The molecule has 1 atom stereocenters. The van der Waals surface area contributed by atoms with Gasteiger partial charge >= 0.3 is 0 Å². The summed E-state index contributed by atoms with van der Waals surface area (Å²) in [6, 6.07) is 10.6. The molecule has 9 heteroatoms. The van der Waals surface area contributed by atoms with Gasteiger partial charge in [-0.05, 0) is 91.8 Å². The molecule has 2 aromatic heterocycles. The lowest BCUT2D eigenvalue weighted by atomic mass is 9.75. The maximum atomic E-state index is 13.9. The van der Waals surface area contributed by atoms with Gasteiger partial charge in [0.15, 0.2) is 5.03 Å². The molecule has 8 nitrogen and oxygen atoms in total. The molecule has 0 aliphatic carbocycles. The normalized spacial score (nSPS) is 16.8. The second kappa shape index (κ2) is 12.3. The van der Waals surface area contributed by atoms with E-state index in [2.05, 4.69) is 82.1 Å². The van der Waals surface area contributed by atoms with Crippen LogP contribution in [0.2, 0.25) is 0 Å². The number of nitrogens with two attached hydrogens (primary N) is 1. The SMILES string of the molecule is CCCCC(C)(C)c1cc(-c2cnc(N3CC(C)CC3(C)C)c(C(=O)NS(=O)(=O)c3cccc(N)n3)c2)c(C)cc1CC. The van der Waals surface area contributed by atoms with Gasteiger partial charge in [-0.25, -0.2) is 14.7 Å². The Bertz CT molecular complexity index is 1610. The molecule has 0 bridgehead atoms. The van der Waals surface area contributed by atoms with Crippen LogP contribution in [-0.2, 0) is 21.9 Å². The van der Waals surface area contributed by atoms with Crippen molar-refractivity contribution in [3.63, 3.8) is 0 Å². The molecule has 1 aliphatic rings. The predicted molar refractivity (Wildman–Crippen MR) is 175 cm³/mol. The maximum absolute atomic E-state index is 13.9. The molecule has 43 heavy (non-hydrogen) atoms. The van der Waals surface area contributed by atoms with Crippen LogP contribution in [0.4, 0.5) is 11.6 Å². The topological polar surface area (TPSA) is 118 Å². The van der Waals surface area contributed by atoms with Crippen molar-refractivity contribution in [2.24, 2.45) is 5.92 Å². The third-order valence-electron chi connectivity index (χ3n) is 8.71. The minimum atomic E-state index is -4.28. The lowest BCUT2D eigenvalue weighted by molar-refractivity contribution is 0.0981. The lowest BCUT2D eigenvalue weighted by Crippen LogP contribution is -2.41. The molecule has 0 spiro atoms. The van der Waals surface area contributed by atoms with Crippen molar-refractivity contribution in [3.05, 3.63) is 64.8 Å². The fourth-order valence-electron chi connectivity index (χ4n) is 6.51. The molecule has 1 aromatic carbocycles. The van der Waals surface area contributed by atoms with Gasteiger partial charge in [-0.2, -0.15) is 8.42 Å². The number of amides is 1. The van der Waals surface area contributed by atoms with Gasteiger partial charge in [-0.1, -0.05) is 65.7 Å². The Labute approximate surface area is 257 Å². The molecule has 1 amide bonds. The summed E-state index contributed by atoms with van der Waals surface area (Å²) in [4.78, 5) is 24.8. The first-order chi connectivity index (χ1) is 20.1. The molecule has 232 valence electrons. The summed E-state index contributed by atoms with van der Waals surface area (Å²) < 4.78 is 28.7. The van der Waals surface area contributed by atoms with Crippen LogP contribution in [-0.4, -0.2) is 36.4 Å². The first-order valence-electron chi connectivity index (χ1n) is 15.3. The van der Waals surface area contributed by atoms with Gasteiger partial charge < -0.3 is 10.6 Å². The highest BCUT2D eigenvalue weighted by Crippen LogP contribution is 2.40. The minimum absolute atomic E-state index is 0.0221. The molecule has 1 unspecified atom stereocenters. The zero-order chi connectivity index (χ0) is 31.7. The Balaban J connectivity index is 1.86. The van der Waals surface area contributed by atoms with E-state index in [0.717, 1.165) is 48.8 Å². The van der Waals surface area contributed by atoms with Crippen LogP contribution in [0.5, 0.6) is 0 Å². The lowest BCUT2D eigenvalue weighted by Gasteiger charge is -2.34. The van der Waals surface area contributed by atoms with Crippen molar-refractivity contribution in [2.45, 2.75) is 103 Å². The summed E-state index contributed by atoms with van der Waals surface area (Å²) in [6.45, 7) is 18.2. The van der Waals surface area contributed by atoms with E-state index in [1.807, 2.05) is 6.20 Å². The number of benzene rings is 1. The molecular formula is C34H47N5O3S. The number of aromatic nitrogens is 2. The summed E-state index contributed by atoms with van der Waals surface area (Å²) in [5.74, 6) is 0.161. The van der Waals surface area contributed by atoms with Crippen molar-refractivity contribution in [2.75, 3.05) is 17.2 Å². The van der Waals surface area contributed by atoms with Crippen molar-refractivity contribution in [1.29, 1.82) is 0 Å². The number of aryl methyl sites for hydroxylation is 2. The number of sulfonamides is 1. The molecule has 1 aliphatic heterocycles. The highest BCUT2D eigenvalue weighted by atomic mass is 32.2. The monoisotopic (exact) mass is 605 g/mol. The van der Waals surface area contributed by atoms with E-state index in [1.54, 1.807) is 6.07 Å². The molecule has 3 aromatic rings. The molecule has 3 heterocycles. The zero-order valence-corrected chi connectivity index (χ0v) is 27.7. The number of unbranched alkanes of at least 4 members (excludes halogenated alkanes) is 1. The van der Waals surface area contributed by atoms with Crippen molar-refractivity contribution in [1.82, 2.24) is 14.7 Å². The molecule has 1 saturated heterocycles. The third-order valence-corrected chi connectivity index (χ3v) is 9.95. The number of nitrogens with zero attached hydrogens (tertiary/aromatic N) is 3. The molecule has 3 N–H and O–H groups in total. The molecular weight excluding hydrogens is 558 g/mol. The number of hydrogen-bond donors (Lipinski definition) is 2. The van der Waals surface area contributed by atoms with Gasteiger partial charge in [-0.3, -0.25) is 4.79 Å². The second-order valence-corrected chi connectivity index (χ2v) is 15.0. The van der Waals surface area contributed by atoms with E-state index in [1.165, 1.54) is 29.3 Å². The standard InChI is InChI=1S/C34H47N5O3S/c1-9-11-15-33(5,6)28-18-26(23(4)16-24(28)10-2)25-17-27(31(36-20-25)39-21-22(3)19-34(39,7)8)32(40)38-43(41,42)30-14-12-13-29(35)37-30/h12-14,16-18,20,22H,9-11,15,19,21H2,1-8H3,(H2,35,37)(H,38,40). The predicted octanol–water partition coefficient (Wildman–Crippen LogP) is 6.81. The van der Waals surface area contributed by atoms with E-state index < -0.39 is 15.9 Å². The zero-order valence-electron chi connectivity index (χ0n) is 26.9. The van der Waals surface area contributed by atoms with E-state index in [0.29, 0.717) is 18.3 Å². The number of carbonyl (C=O) groups excluding carboxylic acids is 1. The molecule has 0 radical (unpaired) electrons. The smallest absolute Gasteiger partial charge is 0.281 e. The molecule has 4 rings (SSSR count). The average molecular weight is 606 g/mol. The van der Waals surface area contributed by atoms with Gasteiger partial charge in [0, 0.05) is 23.8 Å². The summed E-state index contributed by atoms with van der Waals surface area (Å²) in [7, 11) is -4.28. The van der Waals surface area contributed by atoms with E-state index in [9.17, 15) is 13.2 Å².